The zero-order valence-corrected chi connectivity index (χ0v) is 13.7. The Hall–Kier alpha value is -0.920. The van der Waals surface area contributed by atoms with Gasteiger partial charge in [0.2, 0.25) is 10.0 Å². The van der Waals surface area contributed by atoms with Crippen molar-refractivity contribution in [3.8, 4) is 0 Å². The molecule has 0 bridgehead atoms. The molecule has 0 amide bonds. The van der Waals surface area contributed by atoms with Gasteiger partial charge in [0.1, 0.15) is 0 Å². The number of aryl methyl sites for hydroxylation is 2. The number of hydrogen-bond acceptors (Lipinski definition) is 4. The van der Waals surface area contributed by atoms with Crippen molar-refractivity contribution in [3.63, 3.8) is 0 Å². The SMILES string of the molecule is CCc1nn(C)cc1CNS(=O)(=O)CCCCNC1CC1. The van der Waals surface area contributed by atoms with Crippen LogP contribution in [-0.2, 0) is 30.0 Å². The predicted octanol–water partition coefficient (Wildman–Crippen LogP) is 0.934. The molecule has 1 aromatic heterocycles. The lowest BCUT2D eigenvalue weighted by atomic mass is 10.2. The summed E-state index contributed by atoms with van der Waals surface area (Å²) in [6.07, 6.45) is 6.83. The summed E-state index contributed by atoms with van der Waals surface area (Å²) < 4.78 is 28.3. The highest BCUT2D eigenvalue weighted by molar-refractivity contribution is 7.89. The van der Waals surface area contributed by atoms with E-state index < -0.39 is 10.0 Å². The molecule has 1 heterocycles. The highest BCUT2D eigenvalue weighted by Gasteiger charge is 2.19. The first-order chi connectivity index (χ1) is 10.00. The lowest BCUT2D eigenvalue weighted by Crippen LogP contribution is -2.27. The van der Waals surface area contributed by atoms with Crippen LogP contribution in [0.15, 0.2) is 6.20 Å². The summed E-state index contributed by atoms with van der Waals surface area (Å²) in [7, 11) is -1.34. The topological polar surface area (TPSA) is 76.0 Å². The Morgan fingerprint density at radius 3 is 2.81 bits per heavy atom. The minimum atomic E-state index is -3.20. The van der Waals surface area contributed by atoms with Crippen LogP contribution in [0.4, 0.5) is 0 Å². The van der Waals surface area contributed by atoms with Crippen LogP contribution in [0.3, 0.4) is 0 Å². The molecule has 1 aliphatic carbocycles. The zero-order chi connectivity index (χ0) is 15.3. The van der Waals surface area contributed by atoms with E-state index in [9.17, 15) is 8.42 Å². The van der Waals surface area contributed by atoms with E-state index in [0.717, 1.165) is 30.6 Å². The van der Waals surface area contributed by atoms with E-state index in [1.165, 1.54) is 12.8 Å². The van der Waals surface area contributed by atoms with Gasteiger partial charge >= 0.3 is 0 Å². The van der Waals surface area contributed by atoms with E-state index >= 15 is 0 Å². The monoisotopic (exact) mass is 314 g/mol. The number of unbranched alkanes of at least 4 members (excludes halogenated alkanes) is 1. The van der Waals surface area contributed by atoms with Gasteiger partial charge in [-0.3, -0.25) is 4.68 Å². The molecule has 120 valence electrons. The molecule has 2 N–H and O–H groups in total. The van der Waals surface area contributed by atoms with Crippen molar-refractivity contribution < 1.29 is 8.42 Å². The van der Waals surface area contributed by atoms with Crippen LogP contribution in [0.5, 0.6) is 0 Å². The first-order valence-corrected chi connectivity index (χ1v) is 9.37. The van der Waals surface area contributed by atoms with E-state index in [1.54, 1.807) is 4.68 Å². The maximum atomic E-state index is 12.0. The van der Waals surface area contributed by atoms with Gasteiger partial charge in [0, 0.05) is 31.4 Å². The van der Waals surface area contributed by atoms with Crippen molar-refractivity contribution in [2.75, 3.05) is 12.3 Å². The molecule has 0 atom stereocenters. The fourth-order valence-electron chi connectivity index (χ4n) is 2.30. The van der Waals surface area contributed by atoms with E-state index in [-0.39, 0.29) is 5.75 Å². The van der Waals surface area contributed by atoms with Crippen molar-refractivity contribution in [1.29, 1.82) is 0 Å². The summed E-state index contributed by atoms with van der Waals surface area (Å²) in [5.41, 5.74) is 1.91. The van der Waals surface area contributed by atoms with Crippen LogP contribution in [-0.4, -0.2) is 36.5 Å². The Balaban J connectivity index is 1.69. The molecule has 1 aliphatic rings. The molecule has 6 nitrogen and oxygen atoms in total. The average Bonchev–Trinajstić information content (AvgIpc) is 3.18. The normalized spacial score (nSPS) is 15.5. The second kappa shape index (κ2) is 7.38. The summed E-state index contributed by atoms with van der Waals surface area (Å²) >= 11 is 0. The first-order valence-electron chi connectivity index (χ1n) is 7.72. The second-order valence-electron chi connectivity index (χ2n) is 5.70. The van der Waals surface area contributed by atoms with Gasteiger partial charge in [0.05, 0.1) is 11.4 Å². The maximum Gasteiger partial charge on any atom is 0.211 e. The fraction of sp³-hybridized carbons (Fsp3) is 0.786. The average molecular weight is 314 g/mol. The molecule has 0 radical (unpaired) electrons. The molecule has 0 unspecified atom stereocenters. The number of sulfonamides is 1. The summed E-state index contributed by atoms with van der Waals surface area (Å²) in [5, 5.41) is 7.70. The van der Waals surface area contributed by atoms with Crippen LogP contribution in [0.1, 0.15) is 43.9 Å². The molecular formula is C14H26N4O2S. The number of rotatable bonds is 10. The Bertz CT molecular complexity index is 549. The molecule has 0 aliphatic heterocycles. The maximum absolute atomic E-state index is 12.0. The van der Waals surface area contributed by atoms with Gasteiger partial charge in [-0.1, -0.05) is 6.92 Å². The molecule has 2 rings (SSSR count). The third kappa shape index (κ3) is 5.76. The standard InChI is InChI=1S/C14H26N4O2S/c1-3-14-12(11-18(2)17-14)10-16-21(19,20)9-5-4-8-15-13-6-7-13/h11,13,15-16H,3-10H2,1-2H3. The van der Waals surface area contributed by atoms with E-state index in [1.807, 2.05) is 20.2 Å². The highest BCUT2D eigenvalue weighted by atomic mass is 32.2. The summed E-state index contributed by atoms with van der Waals surface area (Å²) in [5.74, 6) is 0.196. The number of hydrogen-bond donors (Lipinski definition) is 2. The largest absolute Gasteiger partial charge is 0.314 e. The molecule has 21 heavy (non-hydrogen) atoms. The van der Waals surface area contributed by atoms with Gasteiger partial charge in [0.15, 0.2) is 0 Å². The minimum absolute atomic E-state index is 0.196. The van der Waals surface area contributed by atoms with Gasteiger partial charge in [-0.25, -0.2) is 13.1 Å². The Kier molecular flexibility index (Phi) is 5.78. The van der Waals surface area contributed by atoms with Crippen LogP contribution in [0.25, 0.3) is 0 Å². The second-order valence-corrected chi connectivity index (χ2v) is 7.63. The van der Waals surface area contributed by atoms with Gasteiger partial charge < -0.3 is 5.32 Å². The van der Waals surface area contributed by atoms with Crippen molar-refractivity contribution in [2.45, 2.75) is 51.6 Å². The molecule has 0 spiro atoms. The van der Waals surface area contributed by atoms with Gasteiger partial charge in [-0.15, -0.1) is 0 Å². The quantitative estimate of drug-likeness (QED) is 0.630. The summed E-state index contributed by atoms with van der Waals surface area (Å²) in [6.45, 7) is 3.27. The third-order valence-corrected chi connectivity index (χ3v) is 5.07. The number of aromatic nitrogens is 2. The van der Waals surface area contributed by atoms with E-state index in [4.69, 9.17) is 0 Å². The first kappa shape index (κ1) is 16.5. The van der Waals surface area contributed by atoms with Crippen LogP contribution in [0.2, 0.25) is 0 Å². The third-order valence-electron chi connectivity index (χ3n) is 3.66. The van der Waals surface area contributed by atoms with E-state index in [0.29, 0.717) is 19.0 Å². The summed E-state index contributed by atoms with van der Waals surface area (Å²) in [4.78, 5) is 0. The fourth-order valence-corrected chi connectivity index (χ4v) is 3.40. The number of nitrogens with one attached hydrogen (secondary N) is 2. The number of nitrogens with zero attached hydrogens (tertiary/aromatic N) is 2. The molecule has 1 aromatic rings. The Morgan fingerprint density at radius 1 is 1.38 bits per heavy atom. The zero-order valence-electron chi connectivity index (χ0n) is 12.9. The highest BCUT2D eigenvalue weighted by Crippen LogP contribution is 2.18. The lowest BCUT2D eigenvalue weighted by Gasteiger charge is -2.07. The van der Waals surface area contributed by atoms with Gasteiger partial charge in [-0.2, -0.15) is 5.10 Å². The van der Waals surface area contributed by atoms with Crippen molar-refractivity contribution in [3.05, 3.63) is 17.5 Å². The Labute approximate surface area is 127 Å². The van der Waals surface area contributed by atoms with Crippen LogP contribution in [0, 0.1) is 0 Å². The molecule has 0 aromatic carbocycles. The smallest absolute Gasteiger partial charge is 0.211 e. The van der Waals surface area contributed by atoms with E-state index in [2.05, 4.69) is 15.1 Å². The molecule has 1 fully saturated rings. The van der Waals surface area contributed by atoms with Crippen molar-refractivity contribution in [2.24, 2.45) is 7.05 Å². The van der Waals surface area contributed by atoms with Gasteiger partial charge in [0.25, 0.3) is 0 Å². The summed E-state index contributed by atoms with van der Waals surface area (Å²) in [6, 6.07) is 0.692. The molecule has 0 saturated heterocycles. The molecule has 1 saturated carbocycles. The predicted molar refractivity (Wildman–Crippen MR) is 83.5 cm³/mol. The minimum Gasteiger partial charge on any atom is -0.314 e. The van der Waals surface area contributed by atoms with Crippen molar-refractivity contribution >= 4 is 10.0 Å². The lowest BCUT2D eigenvalue weighted by molar-refractivity contribution is 0.572. The molecule has 7 heteroatoms. The van der Waals surface area contributed by atoms with Crippen molar-refractivity contribution in [1.82, 2.24) is 19.8 Å². The van der Waals surface area contributed by atoms with Crippen LogP contribution >= 0.6 is 0 Å². The Morgan fingerprint density at radius 2 is 2.14 bits per heavy atom. The van der Waals surface area contributed by atoms with Crippen LogP contribution < -0.4 is 10.0 Å². The van der Waals surface area contributed by atoms with Gasteiger partial charge in [-0.05, 0) is 38.6 Å². The molecular weight excluding hydrogens is 288 g/mol.